The zero-order valence-electron chi connectivity index (χ0n) is 11.7. The van der Waals surface area contributed by atoms with E-state index in [4.69, 9.17) is 11.6 Å². The molecule has 0 atom stereocenters. The van der Waals surface area contributed by atoms with Crippen LogP contribution in [0.4, 0.5) is 4.79 Å². The van der Waals surface area contributed by atoms with Crippen molar-refractivity contribution in [1.82, 2.24) is 15.2 Å². The summed E-state index contributed by atoms with van der Waals surface area (Å²) in [6.45, 7) is 2.39. The molecule has 6 nitrogen and oxygen atoms in total. The lowest BCUT2D eigenvalue weighted by molar-refractivity contribution is 0.171. The van der Waals surface area contributed by atoms with Gasteiger partial charge in [-0.2, -0.15) is 10.2 Å². The van der Waals surface area contributed by atoms with E-state index in [0.29, 0.717) is 17.3 Å². The molecule has 0 unspecified atom stereocenters. The Balaban J connectivity index is 2.16. The maximum absolute atomic E-state index is 10.9. The van der Waals surface area contributed by atoms with E-state index < -0.39 is 6.09 Å². The van der Waals surface area contributed by atoms with Gasteiger partial charge in [0.15, 0.2) is 0 Å². The zero-order chi connectivity index (χ0) is 15.2. The highest BCUT2D eigenvalue weighted by atomic mass is 35.5. The van der Waals surface area contributed by atoms with Crippen molar-refractivity contribution in [3.63, 3.8) is 0 Å². The van der Waals surface area contributed by atoms with Gasteiger partial charge in [0.2, 0.25) is 0 Å². The Kier molecular flexibility index (Phi) is 4.94. The lowest BCUT2D eigenvalue weighted by Crippen LogP contribution is -2.16. The summed E-state index contributed by atoms with van der Waals surface area (Å²) in [4.78, 5) is 10.9. The molecule has 0 aliphatic heterocycles. The van der Waals surface area contributed by atoms with Crippen LogP contribution in [-0.4, -0.2) is 29.2 Å². The molecule has 1 aromatic heterocycles. The molecule has 0 aliphatic rings. The maximum Gasteiger partial charge on any atom is 0.427 e. The van der Waals surface area contributed by atoms with E-state index in [-0.39, 0.29) is 0 Å². The molecule has 1 amide bonds. The first-order chi connectivity index (χ1) is 10.1. The van der Waals surface area contributed by atoms with Crippen LogP contribution in [-0.2, 0) is 11.3 Å². The van der Waals surface area contributed by atoms with Crippen LogP contribution in [0.15, 0.2) is 35.4 Å². The van der Waals surface area contributed by atoms with Crippen molar-refractivity contribution in [2.75, 3.05) is 7.11 Å². The topological polar surface area (TPSA) is 68.5 Å². The summed E-state index contributed by atoms with van der Waals surface area (Å²) in [5, 5.41) is 8.60. The molecule has 1 aromatic carbocycles. The molecule has 0 aliphatic carbocycles. The Labute approximate surface area is 127 Å². The number of benzene rings is 1. The minimum atomic E-state index is -0.642. The van der Waals surface area contributed by atoms with Crippen molar-refractivity contribution in [3.8, 4) is 0 Å². The molecule has 2 aromatic rings. The monoisotopic (exact) mass is 306 g/mol. The Morgan fingerprint density at radius 3 is 2.86 bits per heavy atom. The number of methoxy groups -OCH3 is 1. The van der Waals surface area contributed by atoms with Crippen LogP contribution < -0.4 is 5.43 Å². The maximum atomic E-state index is 10.9. The number of amides is 1. The average molecular weight is 307 g/mol. The molecule has 0 bridgehead atoms. The number of carbonyl (C=O) groups is 1. The minimum Gasteiger partial charge on any atom is -0.452 e. The summed E-state index contributed by atoms with van der Waals surface area (Å²) < 4.78 is 6.10. The number of carbonyl (C=O) groups excluding carboxylic acids is 1. The molecular weight excluding hydrogens is 292 g/mol. The molecule has 110 valence electrons. The number of aryl methyl sites for hydroxylation is 1. The second-order valence-electron chi connectivity index (χ2n) is 4.29. The highest BCUT2D eigenvalue weighted by molar-refractivity contribution is 6.32. The Hall–Kier alpha value is -2.34. The largest absolute Gasteiger partial charge is 0.452 e. The molecule has 0 saturated carbocycles. The van der Waals surface area contributed by atoms with Crippen molar-refractivity contribution >= 4 is 23.9 Å². The van der Waals surface area contributed by atoms with Crippen molar-refractivity contribution < 1.29 is 9.53 Å². The Bertz CT molecular complexity index is 652. The fourth-order valence-corrected chi connectivity index (χ4v) is 2.05. The second-order valence-corrected chi connectivity index (χ2v) is 4.65. The fraction of sp³-hybridized carbons (Fsp3) is 0.214. The van der Waals surface area contributed by atoms with Gasteiger partial charge >= 0.3 is 6.09 Å². The van der Waals surface area contributed by atoms with Gasteiger partial charge in [-0.15, -0.1) is 0 Å². The lowest BCUT2D eigenvalue weighted by atomic mass is 10.2. The van der Waals surface area contributed by atoms with Gasteiger partial charge in [0.05, 0.1) is 31.1 Å². The summed E-state index contributed by atoms with van der Waals surface area (Å²) >= 11 is 6.29. The first-order valence-corrected chi connectivity index (χ1v) is 6.63. The molecule has 7 heteroatoms. The molecule has 1 heterocycles. The molecule has 0 spiro atoms. The number of hydrazone groups is 1. The van der Waals surface area contributed by atoms with Crippen LogP contribution in [0.3, 0.4) is 0 Å². The summed E-state index contributed by atoms with van der Waals surface area (Å²) in [5.41, 5.74) is 4.69. The number of rotatable bonds is 4. The summed E-state index contributed by atoms with van der Waals surface area (Å²) in [7, 11) is 1.26. The first kappa shape index (κ1) is 15.1. The molecule has 21 heavy (non-hydrogen) atoms. The molecule has 0 radical (unpaired) electrons. The highest BCUT2D eigenvalue weighted by Gasteiger charge is 2.12. The number of hydrogen-bond acceptors (Lipinski definition) is 4. The third-order valence-electron chi connectivity index (χ3n) is 2.82. The first-order valence-electron chi connectivity index (χ1n) is 6.25. The normalized spacial score (nSPS) is 10.8. The number of aromatic nitrogens is 2. The number of ether oxygens (including phenoxy) is 1. The van der Waals surface area contributed by atoms with Crippen molar-refractivity contribution in [1.29, 1.82) is 0 Å². The third-order valence-corrected chi connectivity index (χ3v) is 3.22. The Morgan fingerprint density at radius 2 is 2.19 bits per heavy atom. The van der Waals surface area contributed by atoms with Gasteiger partial charge in [-0.1, -0.05) is 41.9 Å². The van der Waals surface area contributed by atoms with Crippen LogP contribution in [0.5, 0.6) is 0 Å². The smallest absolute Gasteiger partial charge is 0.427 e. The van der Waals surface area contributed by atoms with Gasteiger partial charge in [0.1, 0.15) is 5.15 Å². The molecule has 0 saturated heterocycles. The highest BCUT2D eigenvalue weighted by Crippen LogP contribution is 2.19. The molecule has 0 fully saturated rings. The molecule has 1 N–H and O–H groups in total. The average Bonchev–Trinajstić information content (AvgIpc) is 2.75. The van der Waals surface area contributed by atoms with Gasteiger partial charge < -0.3 is 4.74 Å². The van der Waals surface area contributed by atoms with Crippen LogP contribution in [0.1, 0.15) is 16.8 Å². The quantitative estimate of drug-likeness (QED) is 0.697. The van der Waals surface area contributed by atoms with Gasteiger partial charge in [-0.3, -0.25) is 0 Å². The number of halogens is 1. The van der Waals surface area contributed by atoms with Crippen molar-refractivity contribution in [2.24, 2.45) is 5.10 Å². The molecular formula is C14H15ClN4O2. The van der Waals surface area contributed by atoms with E-state index in [9.17, 15) is 4.79 Å². The number of nitrogens with zero attached hydrogens (tertiary/aromatic N) is 3. The van der Waals surface area contributed by atoms with E-state index in [0.717, 1.165) is 11.3 Å². The summed E-state index contributed by atoms with van der Waals surface area (Å²) in [6.07, 6.45) is 0.806. The zero-order valence-corrected chi connectivity index (χ0v) is 12.5. The SMILES string of the molecule is COC(=O)N/N=C/c1c(C)nn(Cc2ccccc2)c1Cl. The van der Waals surface area contributed by atoms with Crippen LogP contribution in [0.2, 0.25) is 5.15 Å². The number of nitrogens with one attached hydrogen (secondary N) is 1. The lowest BCUT2D eigenvalue weighted by Gasteiger charge is -2.03. The predicted octanol–water partition coefficient (Wildman–Crippen LogP) is 2.58. The van der Waals surface area contributed by atoms with E-state index in [2.05, 4.69) is 20.4 Å². The van der Waals surface area contributed by atoms with E-state index >= 15 is 0 Å². The van der Waals surface area contributed by atoms with Gasteiger partial charge in [-0.25, -0.2) is 14.9 Å². The van der Waals surface area contributed by atoms with Crippen LogP contribution in [0.25, 0.3) is 0 Å². The second kappa shape index (κ2) is 6.90. The van der Waals surface area contributed by atoms with Crippen LogP contribution >= 0.6 is 11.6 Å². The van der Waals surface area contributed by atoms with E-state index in [1.165, 1.54) is 13.3 Å². The van der Waals surface area contributed by atoms with Crippen LogP contribution in [0, 0.1) is 6.92 Å². The fourth-order valence-electron chi connectivity index (χ4n) is 1.77. The van der Waals surface area contributed by atoms with Crippen molar-refractivity contribution in [3.05, 3.63) is 52.3 Å². The Morgan fingerprint density at radius 1 is 1.48 bits per heavy atom. The van der Waals surface area contributed by atoms with E-state index in [1.807, 2.05) is 37.3 Å². The minimum absolute atomic E-state index is 0.465. The van der Waals surface area contributed by atoms with Gasteiger partial charge in [0.25, 0.3) is 0 Å². The predicted molar refractivity (Wildman–Crippen MR) is 80.7 cm³/mol. The summed E-state index contributed by atoms with van der Waals surface area (Å²) in [5.74, 6) is 0. The third kappa shape index (κ3) is 3.82. The number of hydrogen-bond donors (Lipinski definition) is 1. The van der Waals surface area contributed by atoms with E-state index in [1.54, 1.807) is 4.68 Å². The van der Waals surface area contributed by atoms with Gasteiger partial charge in [0, 0.05) is 0 Å². The standard InChI is InChI=1S/C14H15ClN4O2/c1-10-12(8-16-17-14(20)21-2)13(15)19(18-10)9-11-6-4-3-5-7-11/h3-8H,9H2,1-2H3,(H,17,20)/b16-8+. The van der Waals surface area contributed by atoms with Gasteiger partial charge in [-0.05, 0) is 12.5 Å². The van der Waals surface area contributed by atoms with Crippen molar-refractivity contribution in [2.45, 2.75) is 13.5 Å². The summed E-state index contributed by atoms with van der Waals surface area (Å²) in [6, 6.07) is 9.88. The molecule has 2 rings (SSSR count).